The average molecular weight is 240 g/mol. The quantitative estimate of drug-likeness (QED) is 0.256. The van der Waals surface area contributed by atoms with E-state index in [1.807, 2.05) is 0 Å². The number of phenols is 2. The van der Waals surface area contributed by atoms with Crippen LogP contribution >= 0.6 is 0 Å². The van der Waals surface area contributed by atoms with Gasteiger partial charge in [-0.2, -0.15) is 0 Å². The summed E-state index contributed by atoms with van der Waals surface area (Å²) in [5.41, 5.74) is 1.95. The highest BCUT2D eigenvalue weighted by Gasteiger charge is 2.33. The number of hydrogen-bond donors (Lipinski definition) is 4. The lowest BCUT2D eigenvalue weighted by atomic mass is 9.93. The van der Waals surface area contributed by atoms with E-state index in [4.69, 9.17) is 5.84 Å². The minimum atomic E-state index is -1.09. The number of benzene rings is 1. The van der Waals surface area contributed by atoms with Crippen LogP contribution < -0.4 is 11.3 Å². The second kappa shape index (κ2) is 5.03. The van der Waals surface area contributed by atoms with E-state index in [1.54, 1.807) is 13.0 Å². The van der Waals surface area contributed by atoms with Crippen LogP contribution in [-0.4, -0.2) is 28.8 Å². The van der Waals surface area contributed by atoms with Gasteiger partial charge in [-0.1, -0.05) is 6.07 Å². The molecule has 0 aromatic heterocycles. The Kier molecular flexibility index (Phi) is 3.93. The molecule has 0 bridgehead atoms. The van der Waals surface area contributed by atoms with Crippen LogP contribution in [0, 0.1) is 0 Å². The fourth-order valence-corrected chi connectivity index (χ4v) is 1.49. The summed E-state index contributed by atoms with van der Waals surface area (Å²) in [7, 11) is 1.27. The van der Waals surface area contributed by atoms with Crippen LogP contribution in [0.4, 0.5) is 0 Å². The van der Waals surface area contributed by atoms with E-state index in [-0.39, 0.29) is 17.9 Å². The zero-order valence-electron chi connectivity index (χ0n) is 9.73. The lowest BCUT2D eigenvalue weighted by molar-refractivity contribution is -0.147. The molecule has 1 rings (SSSR count). The first-order valence-electron chi connectivity index (χ1n) is 5.00. The Bertz CT molecular complexity index is 422. The summed E-state index contributed by atoms with van der Waals surface area (Å²) >= 11 is 0. The Labute approximate surface area is 99.0 Å². The van der Waals surface area contributed by atoms with Gasteiger partial charge in [-0.3, -0.25) is 10.6 Å². The molecule has 6 heteroatoms. The van der Waals surface area contributed by atoms with Crippen LogP contribution in [0.3, 0.4) is 0 Å². The lowest BCUT2D eigenvalue weighted by Crippen LogP contribution is -2.55. The summed E-state index contributed by atoms with van der Waals surface area (Å²) in [6.45, 7) is 1.59. The van der Waals surface area contributed by atoms with Crippen molar-refractivity contribution in [2.45, 2.75) is 18.9 Å². The van der Waals surface area contributed by atoms with Crippen molar-refractivity contribution in [1.29, 1.82) is 0 Å². The molecule has 0 aliphatic heterocycles. The molecule has 0 spiro atoms. The molecule has 0 unspecified atom stereocenters. The fourth-order valence-electron chi connectivity index (χ4n) is 1.49. The molecule has 0 aliphatic carbocycles. The Morgan fingerprint density at radius 3 is 2.59 bits per heavy atom. The molecule has 0 saturated heterocycles. The number of nitrogens with two attached hydrogens (primary N) is 1. The van der Waals surface area contributed by atoms with Gasteiger partial charge in [-0.05, 0) is 24.6 Å². The standard InChI is InChI=1S/C11H16N2O4/c1-11(13-12,10(16)17-2)6-7-3-4-8(14)9(15)5-7/h3-5,13-15H,6,12H2,1-2H3/t11-/m0/s1. The Hall–Kier alpha value is -1.79. The van der Waals surface area contributed by atoms with Gasteiger partial charge in [-0.25, -0.2) is 5.43 Å². The average Bonchev–Trinajstić information content (AvgIpc) is 2.32. The number of phenolic OH excluding ortho intramolecular Hbond substituents is 2. The van der Waals surface area contributed by atoms with Crippen LogP contribution in [0.1, 0.15) is 12.5 Å². The van der Waals surface area contributed by atoms with E-state index in [2.05, 4.69) is 10.2 Å². The zero-order valence-corrected chi connectivity index (χ0v) is 9.73. The number of hydrogen-bond acceptors (Lipinski definition) is 6. The molecule has 1 aromatic rings. The van der Waals surface area contributed by atoms with Crippen LogP contribution in [0.2, 0.25) is 0 Å². The molecule has 0 radical (unpaired) electrons. The van der Waals surface area contributed by atoms with Gasteiger partial charge in [0.05, 0.1) is 7.11 Å². The molecule has 6 nitrogen and oxygen atoms in total. The normalized spacial score (nSPS) is 14.1. The number of hydrazine groups is 1. The van der Waals surface area contributed by atoms with Crippen LogP contribution in [0.25, 0.3) is 0 Å². The molecule has 0 saturated carbocycles. The number of esters is 1. The van der Waals surface area contributed by atoms with E-state index in [9.17, 15) is 15.0 Å². The third kappa shape index (κ3) is 2.86. The van der Waals surface area contributed by atoms with Gasteiger partial charge in [-0.15, -0.1) is 0 Å². The van der Waals surface area contributed by atoms with Crippen molar-refractivity contribution < 1.29 is 19.7 Å². The number of nitrogens with one attached hydrogen (secondary N) is 1. The Morgan fingerprint density at radius 2 is 2.12 bits per heavy atom. The SMILES string of the molecule is COC(=O)[C@](C)(Cc1ccc(O)c(O)c1)NN. The largest absolute Gasteiger partial charge is 0.504 e. The highest BCUT2D eigenvalue weighted by atomic mass is 16.5. The number of ether oxygens (including phenoxy) is 1. The highest BCUT2D eigenvalue weighted by molar-refractivity contribution is 5.80. The summed E-state index contributed by atoms with van der Waals surface area (Å²) in [6.07, 6.45) is 0.226. The van der Waals surface area contributed by atoms with Crippen molar-refractivity contribution in [2.24, 2.45) is 5.84 Å². The molecule has 1 aromatic carbocycles. The first kappa shape index (κ1) is 13.3. The van der Waals surface area contributed by atoms with Crippen molar-refractivity contribution in [3.8, 4) is 11.5 Å². The summed E-state index contributed by atoms with van der Waals surface area (Å²) in [5.74, 6) is 4.37. The molecule has 17 heavy (non-hydrogen) atoms. The Balaban J connectivity index is 2.95. The van der Waals surface area contributed by atoms with Gasteiger partial charge < -0.3 is 14.9 Å². The minimum absolute atomic E-state index is 0.214. The smallest absolute Gasteiger partial charge is 0.327 e. The van der Waals surface area contributed by atoms with Gasteiger partial charge in [0, 0.05) is 6.42 Å². The molecule has 0 heterocycles. The predicted octanol–water partition coefficient (Wildman–Crippen LogP) is 0.0353. The summed E-state index contributed by atoms with van der Waals surface area (Å²) in [6, 6.07) is 4.31. The lowest BCUT2D eigenvalue weighted by Gasteiger charge is -2.25. The molecule has 0 fully saturated rings. The third-order valence-electron chi connectivity index (χ3n) is 2.55. The summed E-state index contributed by atoms with van der Waals surface area (Å²) < 4.78 is 4.64. The molecular weight excluding hydrogens is 224 g/mol. The first-order chi connectivity index (χ1) is 7.92. The predicted molar refractivity (Wildman–Crippen MR) is 61.2 cm³/mol. The van der Waals surface area contributed by atoms with E-state index in [1.165, 1.54) is 19.2 Å². The maximum atomic E-state index is 11.5. The van der Waals surface area contributed by atoms with Gasteiger partial charge in [0.15, 0.2) is 11.5 Å². The second-order valence-electron chi connectivity index (χ2n) is 3.97. The molecule has 1 atom stereocenters. The minimum Gasteiger partial charge on any atom is -0.504 e. The van der Waals surface area contributed by atoms with Crippen molar-refractivity contribution >= 4 is 5.97 Å². The molecule has 94 valence electrons. The van der Waals surface area contributed by atoms with Gasteiger partial charge in [0.1, 0.15) is 5.54 Å². The van der Waals surface area contributed by atoms with E-state index in [0.717, 1.165) is 0 Å². The van der Waals surface area contributed by atoms with E-state index < -0.39 is 11.5 Å². The number of carbonyl (C=O) groups excluding carboxylic acids is 1. The number of rotatable bonds is 4. The second-order valence-corrected chi connectivity index (χ2v) is 3.97. The highest BCUT2D eigenvalue weighted by Crippen LogP contribution is 2.26. The van der Waals surface area contributed by atoms with Crippen molar-refractivity contribution in [3.63, 3.8) is 0 Å². The van der Waals surface area contributed by atoms with Gasteiger partial charge in [0.25, 0.3) is 0 Å². The van der Waals surface area contributed by atoms with Gasteiger partial charge >= 0.3 is 5.97 Å². The monoisotopic (exact) mass is 240 g/mol. The zero-order chi connectivity index (χ0) is 13.1. The van der Waals surface area contributed by atoms with Crippen molar-refractivity contribution in [2.75, 3.05) is 7.11 Å². The van der Waals surface area contributed by atoms with Crippen LogP contribution in [0.5, 0.6) is 11.5 Å². The molecular formula is C11H16N2O4. The van der Waals surface area contributed by atoms with Crippen LogP contribution in [-0.2, 0) is 16.0 Å². The summed E-state index contributed by atoms with van der Waals surface area (Å²) in [5, 5.41) is 18.5. The van der Waals surface area contributed by atoms with Crippen molar-refractivity contribution in [3.05, 3.63) is 23.8 Å². The number of aromatic hydroxyl groups is 2. The van der Waals surface area contributed by atoms with E-state index in [0.29, 0.717) is 5.56 Å². The molecule has 0 aliphatic rings. The maximum absolute atomic E-state index is 11.5. The number of methoxy groups -OCH3 is 1. The first-order valence-corrected chi connectivity index (χ1v) is 5.00. The topological polar surface area (TPSA) is 105 Å². The Morgan fingerprint density at radius 1 is 1.47 bits per heavy atom. The van der Waals surface area contributed by atoms with Gasteiger partial charge in [0.2, 0.25) is 0 Å². The molecule has 0 amide bonds. The third-order valence-corrected chi connectivity index (χ3v) is 2.55. The van der Waals surface area contributed by atoms with Crippen molar-refractivity contribution in [1.82, 2.24) is 5.43 Å². The van der Waals surface area contributed by atoms with E-state index >= 15 is 0 Å². The fraction of sp³-hybridized carbons (Fsp3) is 0.364. The maximum Gasteiger partial charge on any atom is 0.327 e. The number of carbonyl (C=O) groups is 1. The van der Waals surface area contributed by atoms with Crippen LogP contribution in [0.15, 0.2) is 18.2 Å². The molecule has 5 N–H and O–H groups in total. The summed E-state index contributed by atoms with van der Waals surface area (Å²) in [4.78, 5) is 11.5.